The van der Waals surface area contributed by atoms with Crippen molar-refractivity contribution in [2.24, 2.45) is 5.73 Å². The first kappa shape index (κ1) is 14.8. The lowest BCUT2D eigenvalue weighted by Crippen LogP contribution is -2.27. The summed E-state index contributed by atoms with van der Waals surface area (Å²) in [4.78, 5) is 1.71. The summed E-state index contributed by atoms with van der Waals surface area (Å²) >= 11 is 0. The predicted octanol–water partition coefficient (Wildman–Crippen LogP) is 3.86. The molecular formula is C16H14F4N2. The van der Waals surface area contributed by atoms with Crippen LogP contribution in [0.5, 0.6) is 0 Å². The van der Waals surface area contributed by atoms with Crippen molar-refractivity contribution in [3.63, 3.8) is 0 Å². The number of benzene rings is 2. The van der Waals surface area contributed by atoms with Crippen LogP contribution < -0.4 is 10.6 Å². The molecule has 0 aromatic heterocycles. The van der Waals surface area contributed by atoms with Gasteiger partial charge in [0.2, 0.25) is 0 Å². The Kier molecular flexibility index (Phi) is 3.56. The predicted molar refractivity (Wildman–Crippen MR) is 75.8 cm³/mol. The van der Waals surface area contributed by atoms with Crippen molar-refractivity contribution < 1.29 is 17.6 Å². The van der Waals surface area contributed by atoms with Crippen LogP contribution >= 0.6 is 0 Å². The number of anilines is 1. The molecule has 2 aromatic rings. The van der Waals surface area contributed by atoms with Crippen molar-refractivity contribution >= 4 is 5.69 Å². The topological polar surface area (TPSA) is 29.3 Å². The van der Waals surface area contributed by atoms with Crippen molar-refractivity contribution in [1.82, 2.24) is 0 Å². The van der Waals surface area contributed by atoms with Crippen LogP contribution in [0, 0.1) is 5.82 Å². The molecule has 0 spiro atoms. The minimum atomic E-state index is -4.41. The van der Waals surface area contributed by atoms with E-state index in [9.17, 15) is 17.6 Å². The third kappa shape index (κ3) is 2.43. The Balaban J connectivity index is 2.08. The van der Waals surface area contributed by atoms with Crippen LogP contribution in [0.2, 0.25) is 0 Å². The van der Waals surface area contributed by atoms with Gasteiger partial charge in [-0.25, -0.2) is 4.39 Å². The van der Waals surface area contributed by atoms with Crippen LogP contribution in [-0.2, 0) is 12.7 Å². The number of halogens is 4. The summed E-state index contributed by atoms with van der Waals surface area (Å²) in [6, 6.07) is 9.53. The lowest BCUT2D eigenvalue weighted by molar-refractivity contribution is -0.138. The molecule has 0 amide bonds. The van der Waals surface area contributed by atoms with Gasteiger partial charge in [-0.05, 0) is 35.4 Å². The van der Waals surface area contributed by atoms with Crippen molar-refractivity contribution in [2.45, 2.75) is 18.8 Å². The van der Waals surface area contributed by atoms with Crippen LogP contribution in [0.4, 0.5) is 23.2 Å². The molecule has 1 aliphatic rings. The zero-order valence-electron chi connectivity index (χ0n) is 11.6. The van der Waals surface area contributed by atoms with E-state index in [4.69, 9.17) is 5.73 Å². The number of rotatable bonds is 2. The van der Waals surface area contributed by atoms with Crippen LogP contribution in [-0.4, -0.2) is 6.54 Å². The summed E-state index contributed by atoms with van der Waals surface area (Å²) in [6.07, 6.45) is -4.41. The molecule has 2 nitrogen and oxygen atoms in total. The summed E-state index contributed by atoms with van der Waals surface area (Å²) in [5, 5.41) is 0. The highest BCUT2D eigenvalue weighted by Crippen LogP contribution is 2.43. The maximum absolute atomic E-state index is 13.4. The monoisotopic (exact) mass is 310 g/mol. The van der Waals surface area contributed by atoms with Gasteiger partial charge in [-0.2, -0.15) is 13.2 Å². The second-order valence-electron chi connectivity index (χ2n) is 5.23. The molecular weight excluding hydrogens is 296 g/mol. The largest absolute Gasteiger partial charge is 0.416 e. The van der Waals surface area contributed by atoms with Crippen molar-refractivity contribution in [3.05, 3.63) is 65.0 Å². The maximum Gasteiger partial charge on any atom is 0.416 e. The SMILES string of the molecule is NCC1c2cccc(C(F)(F)F)c2CN1c1cccc(F)c1. The first-order valence-corrected chi connectivity index (χ1v) is 6.83. The summed E-state index contributed by atoms with van der Waals surface area (Å²) in [5.41, 5.74) is 6.41. The maximum atomic E-state index is 13.4. The van der Waals surface area contributed by atoms with Crippen molar-refractivity contribution in [1.29, 1.82) is 0 Å². The van der Waals surface area contributed by atoms with Crippen LogP contribution in [0.3, 0.4) is 0 Å². The molecule has 1 aliphatic heterocycles. The first-order chi connectivity index (χ1) is 10.4. The molecule has 1 atom stereocenters. The van der Waals surface area contributed by atoms with Gasteiger partial charge < -0.3 is 10.6 Å². The molecule has 3 rings (SSSR count). The molecule has 0 bridgehead atoms. The molecule has 0 aliphatic carbocycles. The van der Waals surface area contributed by atoms with Crippen LogP contribution in [0.15, 0.2) is 42.5 Å². The van der Waals surface area contributed by atoms with Gasteiger partial charge in [-0.1, -0.05) is 18.2 Å². The van der Waals surface area contributed by atoms with Gasteiger partial charge in [0, 0.05) is 18.8 Å². The second kappa shape index (κ2) is 5.28. The van der Waals surface area contributed by atoms with Crippen molar-refractivity contribution in [2.75, 3.05) is 11.4 Å². The molecule has 0 fully saturated rings. The van der Waals surface area contributed by atoms with E-state index < -0.39 is 17.6 Å². The number of nitrogens with zero attached hydrogens (tertiary/aromatic N) is 1. The highest BCUT2D eigenvalue weighted by molar-refractivity contribution is 5.57. The van der Waals surface area contributed by atoms with E-state index in [1.165, 1.54) is 24.3 Å². The van der Waals surface area contributed by atoms with Gasteiger partial charge >= 0.3 is 6.18 Å². The number of hydrogen-bond donors (Lipinski definition) is 1. The molecule has 0 saturated heterocycles. The fraction of sp³-hybridized carbons (Fsp3) is 0.250. The van der Waals surface area contributed by atoms with E-state index in [-0.39, 0.29) is 24.7 Å². The van der Waals surface area contributed by atoms with Crippen molar-refractivity contribution in [3.8, 4) is 0 Å². The summed E-state index contributed by atoms with van der Waals surface area (Å²) < 4.78 is 52.9. The minimum Gasteiger partial charge on any atom is -0.359 e. The molecule has 116 valence electrons. The third-order valence-corrected chi connectivity index (χ3v) is 3.94. The van der Waals surface area contributed by atoms with Gasteiger partial charge in [-0.15, -0.1) is 0 Å². The zero-order valence-corrected chi connectivity index (χ0v) is 11.6. The quantitative estimate of drug-likeness (QED) is 0.853. The Morgan fingerprint density at radius 2 is 1.86 bits per heavy atom. The Morgan fingerprint density at radius 3 is 2.50 bits per heavy atom. The Hall–Kier alpha value is -2.08. The summed E-state index contributed by atoms with van der Waals surface area (Å²) in [7, 11) is 0. The van der Waals surface area contributed by atoms with Gasteiger partial charge in [0.1, 0.15) is 5.82 Å². The molecule has 1 unspecified atom stereocenters. The normalized spacial score (nSPS) is 17.7. The summed E-state index contributed by atoms with van der Waals surface area (Å²) in [5.74, 6) is -0.430. The van der Waals surface area contributed by atoms with E-state index in [1.54, 1.807) is 17.0 Å². The Bertz CT molecular complexity index is 697. The van der Waals surface area contributed by atoms with Crippen LogP contribution in [0.1, 0.15) is 22.7 Å². The highest BCUT2D eigenvalue weighted by atomic mass is 19.4. The molecule has 2 N–H and O–H groups in total. The highest BCUT2D eigenvalue weighted by Gasteiger charge is 2.39. The smallest absolute Gasteiger partial charge is 0.359 e. The average molecular weight is 310 g/mol. The van der Waals surface area contributed by atoms with Gasteiger partial charge in [0.15, 0.2) is 0 Å². The lowest BCUT2D eigenvalue weighted by Gasteiger charge is -2.26. The molecule has 22 heavy (non-hydrogen) atoms. The molecule has 0 radical (unpaired) electrons. The fourth-order valence-electron chi connectivity index (χ4n) is 2.99. The molecule has 2 aromatic carbocycles. The standard InChI is InChI=1S/C16H14F4N2/c17-10-3-1-4-11(7-10)22-9-13-12(15(22)8-21)5-2-6-14(13)16(18,19)20/h1-7,15H,8-9,21H2. The number of hydrogen-bond acceptors (Lipinski definition) is 2. The molecule has 0 saturated carbocycles. The molecule has 6 heteroatoms. The van der Waals surface area contributed by atoms with Gasteiger partial charge in [0.25, 0.3) is 0 Å². The lowest BCUT2D eigenvalue weighted by atomic mass is 9.99. The summed E-state index contributed by atoms with van der Waals surface area (Å²) in [6.45, 7) is 0.223. The van der Waals surface area contributed by atoms with Crippen LogP contribution in [0.25, 0.3) is 0 Å². The average Bonchev–Trinajstić information content (AvgIpc) is 2.84. The van der Waals surface area contributed by atoms with E-state index >= 15 is 0 Å². The van der Waals surface area contributed by atoms with Gasteiger partial charge in [0.05, 0.1) is 11.6 Å². The van der Waals surface area contributed by atoms with E-state index in [1.807, 2.05) is 0 Å². The number of alkyl halides is 3. The van der Waals surface area contributed by atoms with E-state index in [0.717, 1.165) is 6.07 Å². The number of nitrogens with two attached hydrogens (primary N) is 1. The second-order valence-corrected chi connectivity index (χ2v) is 5.23. The first-order valence-electron chi connectivity index (χ1n) is 6.83. The fourth-order valence-corrected chi connectivity index (χ4v) is 2.99. The van der Waals surface area contributed by atoms with E-state index in [0.29, 0.717) is 11.3 Å². The number of fused-ring (bicyclic) bond motifs is 1. The van der Waals surface area contributed by atoms with Gasteiger partial charge in [-0.3, -0.25) is 0 Å². The Labute approximate surface area is 125 Å². The zero-order chi connectivity index (χ0) is 15.9. The Morgan fingerprint density at radius 1 is 1.14 bits per heavy atom. The molecule has 1 heterocycles. The minimum absolute atomic E-state index is 0.0658. The third-order valence-electron chi connectivity index (χ3n) is 3.94. The van der Waals surface area contributed by atoms with E-state index in [2.05, 4.69) is 0 Å².